The molecule has 0 spiro atoms. The van der Waals surface area contributed by atoms with Crippen molar-refractivity contribution in [3.8, 4) is 0 Å². The van der Waals surface area contributed by atoms with Crippen molar-refractivity contribution in [3.05, 3.63) is 91.9 Å². The van der Waals surface area contributed by atoms with Crippen LogP contribution in [0.5, 0.6) is 0 Å². The second-order valence-corrected chi connectivity index (χ2v) is 13.7. The largest absolute Gasteiger partial charge is 0.354 e. The number of rotatable bonds is 12. The predicted molar refractivity (Wildman–Crippen MR) is 171 cm³/mol. The van der Waals surface area contributed by atoms with E-state index < -0.39 is 28.5 Å². The van der Waals surface area contributed by atoms with Gasteiger partial charge in [-0.15, -0.1) is 0 Å². The number of sulfonamides is 1. The minimum absolute atomic E-state index is 0.00952. The summed E-state index contributed by atoms with van der Waals surface area (Å²) in [4.78, 5) is 28.8. The van der Waals surface area contributed by atoms with Crippen molar-refractivity contribution >= 4 is 73.9 Å². The molecule has 0 radical (unpaired) electrons. The highest BCUT2D eigenvalue weighted by Crippen LogP contribution is 2.31. The van der Waals surface area contributed by atoms with Crippen LogP contribution in [0.4, 0.5) is 5.69 Å². The van der Waals surface area contributed by atoms with E-state index >= 15 is 0 Å². The number of anilines is 1. The lowest BCUT2D eigenvalue weighted by molar-refractivity contribution is -0.140. The van der Waals surface area contributed by atoms with Crippen LogP contribution in [0, 0.1) is 12.8 Å². The zero-order valence-corrected chi connectivity index (χ0v) is 27.5. The average Bonchev–Trinajstić information content (AvgIpc) is 2.94. The number of halogens is 4. The maximum atomic E-state index is 14.1. The monoisotopic (exact) mass is 671 g/mol. The van der Waals surface area contributed by atoms with Crippen molar-refractivity contribution in [1.82, 2.24) is 10.2 Å². The zero-order valence-electron chi connectivity index (χ0n) is 23.7. The molecule has 0 bridgehead atoms. The molecule has 0 fully saturated rings. The summed E-state index contributed by atoms with van der Waals surface area (Å²) in [5, 5.41) is 3.88. The molecule has 0 saturated carbocycles. The molecule has 0 aliphatic carbocycles. The second kappa shape index (κ2) is 14.8. The number of hydrogen-bond donors (Lipinski definition) is 1. The van der Waals surface area contributed by atoms with E-state index in [0.717, 1.165) is 9.87 Å². The van der Waals surface area contributed by atoms with Gasteiger partial charge in [0.05, 0.1) is 30.7 Å². The zero-order chi connectivity index (χ0) is 31.2. The molecule has 0 aliphatic heterocycles. The van der Waals surface area contributed by atoms with Gasteiger partial charge in [0.15, 0.2) is 0 Å². The van der Waals surface area contributed by atoms with Crippen LogP contribution in [0.15, 0.2) is 65.6 Å². The Bertz CT molecular complexity index is 1530. The quantitative estimate of drug-likeness (QED) is 0.218. The van der Waals surface area contributed by atoms with E-state index in [9.17, 15) is 18.0 Å². The summed E-state index contributed by atoms with van der Waals surface area (Å²) in [5.74, 6) is -0.757. The van der Waals surface area contributed by atoms with Crippen LogP contribution in [0.1, 0.15) is 38.3 Å². The first kappa shape index (κ1) is 34.0. The molecule has 7 nitrogen and oxygen atoms in total. The van der Waals surface area contributed by atoms with Gasteiger partial charge in [-0.2, -0.15) is 0 Å². The van der Waals surface area contributed by atoms with Gasteiger partial charge in [0.1, 0.15) is 12.6 Å². The molecule has 3 aromatic carbocycles. The van der Waals surface area contributed by atoms with E-state index in [2.05, 4.69) is 5.32 Å². The van der Waals surface area contributed by atoms with Crippen molar-refractivity contribution < 1.29 is 18.0 Å². The summed E-state index contributed by atoms with van der Waals surface area (Å²) in [6.45, 7) is 7.35. The number of benzene rings is 3. The highest BCUT2D eigenvalue weighted by atomic mass is 35.5. The van der Waals surface area contributed by atoms with Gasteiger partial charge in [-0.25, -0.2) is 8.42 Å². The number of carbonyl (C=O) groups is 2. The van der Waals surface area contributed by atoms with Crippen LogP contribution in [0.3, 0.4) is 0 Å². The minimum atomic E-state index is -4.24. The predicted octanol–water partition coefficient (Wildman–Crippen LogP) is 7.38. The Morgan fingerprint density at radius 1 is 0.857 bits per heavy atom. The van der Waals surface area contributed by atoms with Crippen LogP contribution >= 0.6 is 46.4 Å². The number of carbonyl (C=O) groups excluding carboxylic acids is 2. The Kier molecular flexibility index (Phi) is 12.0. The molecule has 1 atom stereocenters. The Morgan fingerprint density at radius 2 is 1.45 bits per heavy atom. The fourth-order valence-electron chi connectivity index (χ4n) is 4.18. The van der Waals surface area contributed by atoms with Gasteiger partial charge in [-0.05, 0) is 67.3 Å². The van der Waals surface area contributed by atoms with Crippen LogP contribution in [0.25, 0.3) is 0 Å². The Balaban J connectivity index is 2.09. The Hall–Kier alpha value is -2.49. The first-order valence-corrected chi connectivity index (χ1v) is 16.2. The highest BCUT2D eigenvalue weighted by molar-refractivity contribution is 7.92. The maximum absolute atomic E-state index is 14.1. The van der Waals surface area contributed by atoms with Crippen LogP contribution in [-0.2, 0) is 26.2 Å². The molecule has 3 aromatic rings. The third kappa shape index (κ3) is 8.54. The van der Waals surface area contributed by atoms with Gasteiger partial charge in [0.25, 0.3) is 10.0 Å². The number of nitrogens with zero attached hydrogens (tertiary/aromatic N) is 2. The molecule has 0 aliphatic rings. The molecule has 0 aromatic heterocycles. The summed E-state index contributed by atoms with van der Waals surface area (Å²) in [6, 6.07) is 14.6. The van der Waals surface area contributed by atoms with E-state index in [1.165, 1.54) is 35.2 Å². The SMILES string of the molecule is CC[C@H](C(=O)NCC(C)C)N(Cc1ccc(Cl)c(Cl)c1)C(=O)CN(c1ccc(Cl)c(Cl)c1)S(=O)(=O)c1ccc(C)cc1. The average molecular weight is 673 g/mol. The molecule has 0 unspecified atom stereocenters. The van der Waals surface area contributed by atoms with E-state index in [0.29, 0.717) is 22.2 Å². The molecular formula is C30H33Cl4N3O4S. The summed E-state index contributed by atoms with van der Waals surface area (Å²) in [6.07, 6.45) is 0.286. The van der Waals surface area contributed by atoms with Gasteiger partial charge in [-0.1, -0.05) is 90.9 Å². The van der Waals surface area contributed by atoms with Crippen LogP contribution < -0.4 is 9.62 Å². The highest BCUT2D eigenvalue weighted by Gasteiger charge is 2.34. The Labute approximate surface area is 267 Å². The summed E-state index contributed by atoms with van der Waals surface area (Å²) < 4.78 is 28.9. The first-order chi connectivity index (χ1) is 19.7. The van der Waals surface area contributed by atoms with E-state index in [-0.39, 0.29) is 45.4 Å². The number of amides is 2. The lowest BCUT2D eigenvalue weighted by Gasteiger charge is -2.33. The second-order valence-electron chi connectivity index (χ2n) is 10.3. The van der Waals surface area contributed by atoms with Gasteiger partial charge >= 0.3 is 0 Å². The van der Waals surface area contributed by atoms with Crippen molar-refractivity contribution in [3.63, 3.8) is 0 Å². The van der Waals surface area contributed by atoms with Crippen LogP contribution in [0.2, 0.25) is 20.1 Å². The van der Waals surface area contributed by atoms with Crippen molar-refractivity contribution in [1.29, 1.82) is 0 Å². The molecule has 2 amide bonds. The molecule has 1 N–H and O–H groups in total. The molecule has 42 heavy (non-hydrogen) atoms. The molecular weight excluding hydrogens is 640 g/mol. The van der Waals surface area contributed by atoms with Gasteiger partial charge in [0.2, 0.25) is 11.8 Å². The lowest BCUT2D eigenvalue weighted by atomic mass is 10.1. The topological polar surface area (TPSA) is 86.8 Å². The van der Waals surface area contributed by atoms with E-state index in [4.69, 9.17) is 46.4 Å². The standard InChI is InChI=1S/C30H33Cl4N3O4S/c1-5-28(30(39)35-16-19(2)3)36(17-21-8-12-24(31)26(33)14-21)29(38)18-37(22-9-13-25(32)27(34)15-22)42(40,41)23-10-6-20(4)7-11-23/h6-15,19,28H,5,16-18H2,1-4H3,(H,35,39)/t28-/m1/s1. The summed E-state index contributed by atoms with van der Waals surface area (Å²) in [5.41, 5.74) is 1.64. The van der Waals surface area contributed by atoms with Crippen molar-refractivity contribution in [2.75, 3.05) is 17.4 Å². The fraction of sp³-hybridized carbons (Fsp3) is 0.333. The molecule has 226 valence electrons. The number of aryl methyl sites for hydroxylation is 1. The molecule has 3 rings (SSSR count). The summed E-state index contributed by atoms with van der Waals surface area (Å²) in [7, 11) is -4.24. The maximum Gasteiger partial charge on any atom is 0.264 e. The van der Waals surface area contributed by atoms with Gasteiger partial charge in [0, 0.05) is 13.1 Å². The lowest BCUT2D eigenvalue weighted by Crippen LogP contribution is -2.52. The molecule has 0 saturated heterocycles. The molecule has 12 heteroatoms. The third-order valence-corrected chi connectivity index (χ3v) is 9.75. The van der Waals surface area contributed by atoms with E-state index in [1.807, 2.05) is 20.8 Å². The third-order valence-electron chi connectivity index (χ3n) is 6.49. The van der Waals surface area contributed by atoms with Crippen LogP contribution in [-0.4, -0.2) is 44.3 Å². The van der Waals surface area contributed by atoms with E-state index in [1.54, 1.807) is 37.3 Å². The van der Waals surface area contributed by atoms with Crippen molar-refractivity contribution in [2.45, 2.75) is 51.6 Å². The normalized spacial score (nSPS) is 12.2. The number of nitrogens with one attached hydrogen (secondary N) is 1. The minimum Gasteiger partial charge on any atom is -0.354 e. The smallest absolute Gasteiger partial charge is 0.264 e. The molecule has 0 heterocycles. The first-order valence-electron chi connectivity index (χ1n) is 13.3. The van der Waals surface area contributed by atoms with Gasteiger partial charge in [-0.3, -0.25) is 13.9 Å². The van der Waals surface area contributed by atoms with Crippen molar-refractivity contribution in [2.24, 2.45) is 5.92 Å². The number of hydrogen-bond acceptors (Lipinski definition) is 4. The fourth-order valence-corrected chi connectivity index (χ4v) is 6.20. The summed E-state index contributed by atoms with van der Waals surface area (Å²) >= 11 is 24.7. The Morgan fingerprint density at radius 3 is 2.00 bits per heavy atom. The van der Waals surface area contributed by atoms with Gasteiger partial charge < -0.3 is 10.2 Å².